The van der Waals surface area contributed by atoms with Crippen molar-refractivity contribution in [1.82, 2.24) is 14.7 Å². The number of ether oxygens (including phenoxy) is 1. The fourth-order valence-electron chi connectivity index (χ4n) is 4.65. The average molecular weight is 374 g/mol. The summed E-state index contributed by atoms with van der Waals surface area (Å²) in [5.74, 6) is 0.283. The smallest absolute Gasteiger partial charge is 0.222 e. The second-order valence-electron chi connectivity index (χ2n) is 8.10. The highest BCUT2D eigenvalue weighted by Gasteiger charge is 2.42. The van der Waals surface area contributed by atoms with Crippen LogP contribution >= 0.6 is 0 Å². The van der Waals surface area contributed by atoms with E-state index in [2.05, 4.69) is 48.0 Å². The van der Waals surface area contributed by atoms with Crippen molar-refractivity contribution in [3.05, 3.63) is 35.4 Å². The number of hydrogen-bond acceptors (Lipinski definition) is 4. The van der Waals surface area contributed by atoms with E-state index in [9.17, 15) is 4.79 Å². The summed E-state index contributed by atoms with van der Waals surface area (Å²) in [7, 11) is 3.94. The van der Waals surface area contributed by atoms with Gasteiger partial charge in [-0.25, -0.2) is 0 Å². The number of nitrogens with zero attached hydrogens (tertiary/aromatic N) is 3. The van der Waals surface area contributed by atoms with Crippen LogP contribution in [-0.4, -0.2) is 79.6 Å². The van der Waals surface area contributed by atoms with E-state index >= 15 is 0 Å². The Hall–Kier alpha value is -1.43. The van der Waals surface area contributed by atoms with E-state index in [1.165, 1.54) is 11.1 Å². The van der Waals surface area contributed by atoms with Crippen molar-refractivity contribution < 1.29 is 9.53 Å². The fourth-order valence-corrected chi connectivity index (χ4v) is 4.65. The molecule has 1 aromatic rings. The number of benzene rings is 1. The van der Waals surface area contributed by atoms with Gasteiger partial charge in [0.15, 0.2) is 0 Å². The minimum Gasteiger partial charge on any atom is -0.383 e. The van der Waals surface area contributed by atoms with Crippen molar-refractivity contribution >= 4 is 5.91 Å². The van der Waals surface area contributed by atoms with Gasteiger partial charge in [0, 0.05) is 58.3 Å². The van der Waals surface area contributed by atoms with E-state index in [4.69, 9.17) is 4.74 Å². The van der Waals surface area contributed by atoms with Crippen LogP contribution in [0.4, 0.5) is 0 Å². The third kappa shape index (κ3) is 4.71. The Morgan fingerprint density at radius 2 is 1.89 bits per heavy atom. The molecule has 2 saturated heterocycles. The lowest BCUT2D eigenvalue weighted by Crippen LogP contribution is -2.60. The Morgan fingerprint density at radius 1 is 1.11 bits per heavy atom. The van der Waals surface area contributed by atoms with Crippen molar-refractivity contribution in [3.63, 3.8) is 0 Å². The summed E-state index contributed by atoms with van der Waals surface area (Å²) in [5.41, 5.74) is 3.01. The zero-order chi connectivity index (χ0) is 19.3. The monoisotopic (exact) mass is 373 g/mol. The van der Waals surface area contributed by atoms with Gasteiger partial charge in [-0.05, 0) is 37.4 Å². The predicted octanol–water partition coefficient (Wildman–Crippen LogP) is 2.39. The van der Waals surface area contributed by atoms with Crippen LogP contribution in [0.2, 0.25) is 0 Å². The topological polar surface area (TPSA) is 36.0 Å². The molecule has 3 rings (SSSR count). The second-order valence-corrected chi connectivity index (χ2v) is 8.10. The molecule has 5 nitrogen and oxygen atoms in total. The lowest BCUT2D eigenvalue weighted by atomic mass is 9.86. The molecule has 1 aromatic carbocycles. The number of methoxy groups -OCH3 is 1. The number of hydrogen-bond donors (Lipinski definition) is 0. The zero-order valence-corrected chi connectivity index (χ0v) is 17.2. The molecular formula is C22H35N3O2. The molecule has 27 heavy (non-hydrogen) atoms. The van der Waals surface area contributed by atoms with Gasteiger partial charge in [0.1, 0.15) is 0 Å². The summed E-state index contributed by atoms with van der Waals surface area (Å²) in [6, 6.07) is 8.81. The minimum atomic E-state index is 0.108. The van der Waals surface area contributed by atoms with Crippen LogP contribution in [0.1, 0.15) is 37.3 Å². The summed E-state index contributed by atoms with van der Waals surface area (Å²) in [6.07, 6.45) is 3.73. The number of piperazine rings is 1. The molecule has 150 valence electrons. The number of rotatable bonds is 6. The third-order valence-electron chi connectivity index (χ3n) is 6.54. The maximum atomic E-state index is 12.5. The molecule has 0 saturated carbocycles. The van der Waals surface area contributed by atoms with Crippen molar-refractivity contribution in [2.75, 3.05) is 53.5 Å². The summed E-state index contributed by atoms with van der Waals surface area (Å²) < 4.78 is 5.18. The maximum Gasteiger partial charge on any atom is 0.222 e. The standard InChI is InChI=1S/C22H35N3O2/c1-4-19-7-5-6-8-20(19)17-24-14-13-23(2)22(18-24)10-9-21(26)25(12-11-22)15-16-27-3/h5-8H,4,9-18H2,1-3H3. The van der Waals surface area contributed by atoms with Gasteiger partial charge < -0.3 is 9.64 Å². The molecule has 1 atom stereocenters. The molecular weight excluding hydrogens is 338 g/mol. The molecule has 0 radical (unpaired) electrons. The largest absolute Gasteiger partial charge is 0.383 e. The molecule has 2 heterocycles. The van der Waals surface area contributed by atoms with Crippen molar-refractivity contribution in [1.29, 1.82) is 0 Å². The summed E-state index contributed by atoms with van der Waals surface area (Å²) in [5, 5.41) is 0. The first-order valence-electron chi connectivity index (χ1n) is 10.3. The van der Waals surface area contributed by atoms with Crippen LogP contribution in [0.3, 0.4) is 0 Å². The molecule has 5 heteroatoms. The Morgan fingerprint density at radius 3 is 2.63 bits per heavy atom. The van der Waals surface area contributed by atoms with E-state index in [0.29, 0.717) is 19.6 Å². The van der Waals surface area contributed by atoms with Gasteiger partial charge in [0.05, 0.1) is 6.61 Å². The van der Waals surface area contributed by atoms with Crippen molar-refractivity contribution in [2.45, 2.75) is 44.7 Å². The normalized spacial score (nSPS) is 25.1. The van der Waals surface area contributed by atoms with E-state index in [-0.39, 0.29) is 11.4 Å². The van der Waals surface area contributed by atoms with Crippen molar-refractivity contribution in [2.24, 2.45) is 0 Å². The van der Waals surface area contributed by atoms with Gasteiger partial charge in [-0.2, -0.15) is 0 Å². The quantitative estimate of drug-likeness (QED) is 0.767. The summed E-state index contributed by atoms with van der Waals surface area (Å²) >= 11 is 0. The number of carbonyl (C=O) groups is 1. The molecule has 2 aliphatic rings. The second kappa shape index (κ2) is 9.18. The number of amides is 1. The van der Waals surface area contributed by atoms with Crippen LogP contribution in [0, 0.1) is 0 Å². The molecule has 0 bridgehead atoms. The average Bonchev–Trinajstić information content (AvgIpc) is 2.84. The van der Waals surface area contributed by atoms with E-state index in [0.717, 1.165) is 52.0 Å². The van der Waals surface area contributed by atoms with Crippen LogP contribution in [0.15, 0.2) is 24.3 Å². The lowest BCUT2D eigenvalue weighted by Gasteiger charge is -2.49. The van der Waals surface area contributed by atoms with Gasteiger partial charge in [0.25, 0.3) is 0 Å². The van der Waals surface area contributed by atoms with Crippen LogP contribution in [0.25, 0.3) is 0 Å². The molecule has 1 spiro atoms. The Balaban J connectivity index is 1.70. The number of carbonyl (C=O) groups excluding carboxylic acids is 1. The van der Waals surface area contributed by atoms with Crippen molar-refractivity contribution in [3.8, 4) is 0 Å². The number of likely N-dealkylation sites (tertiary alicyclic amines) is 1. The lowest BCUT2D eigenvalue weighted by molar-refractivity contribution is -0.131. The molecule has 0 aromatic heterocycles. The third-order valence-corrected chi connectivity index (χ3v) is 6.54. The van der Waals surface area contributed by atoms with Crippen LogP contribution in [-0.2, 0) is 22.5 Å². The molecule has 1 unspecified atom stereocenters. The molecule has 2 fully saturated rings. The summed E-state index contributed by atoms with van der Waals surface area (Å²) in [6.45, 7) is 8.63. The van der Waals surface area contributed by atoms with Gasteiger partial charge in [0.2, 0.25) is 5.91 Å². The first kappa shape index (κ1) is 20.3. The van der Waals surface area contributed by atoms with E-state index in [1.807, 2.05) is 4.90 Å². The number of aryl methyl sites for hydroxylation is 1. The minimum absolute atomic E-state index is 0.108. The zero-order valence-electron chi connectivity index (χ0n) is 17.2. The molecule has 1 amide bonds. The predicted molar refractivity (Wildman–Crippen MR) is 109 cm³/mol. The van der Waals surface area contributed by atoms with E-state index < -0.39 is 0 Å². The van der Waals surface area contributed by atoms with Gasteiger partial charge in [-0.15, -0.1) is 0 Å². The number of likely N-dealkylation sites (N-methyl/N-ethyl adjacent to an activating group) is 1. The fraction of sp³-hybridized carbons (Fsp3) is 0.682. The van der Waals surface area contributed by atoms with Crippen LogP contribution < -0.4 is 0 Å². The van der Waals surface area contributed by atoms with E-state index in [1.54, 1.807) is 7.11 Å². The first-order valence-corrected chi connectivity index (χ1v) is 10.3. The first-order chi connectivity index (χ1) is 13.1. The molecule has 2 aliphatic heterocycles. The van der Waals surface area contributed by atoms with Gasteiger partial charge in [-0.1, -0.05) is 31.2 Å². The molecule has 0 aliphatic carbocycles. The van der Waals surface area contributed by atoms with Gasteiger partial charge >= 0.3 is 0 Å². The highest BCUT2D eigenvalue weighted by Crippen LogP contribution is 2.32. The van der Waals surface area contributed by atoms with Crippen LogP contribution in [0.5, 0.6) is 0 Å². The Labute approximate surface area is 164 Å². The maximum absolute atomic E-state index is 12.5. The highest BCUT2D eigenvalue weighted by atomic mass is 16.5. The highest BCUT2D eigenvalue weighted by molar-refractivity contribution is 5.76. The Bertz CT molecular complexity index is 636. The Kier molecular flexibility index (Phi) is 6.90. The van der Waals surface area contributed by atoms with Gasteiger partial charge in [-0.3, -0.25) is 14.6 Å². The SMILES string of the molecule is CCc1ccccc1CN1CCN(C)C2(CCC(=O)N(CCOC)CC2)C1. The molecule has 0 N–H and O–H groups in total. The summed E-state index contributed by atoms with van der Waals surface area (Å²) in [4.78, 5) is 19.7.